The second kappa shape index (κ2) is 5.28. The smallest absolute Gasteiger partial charge is 0.337 e. The van der Waals surface area contributed by atoms with Crippen LogP contribution in [0.25, 0.3) is 0 Å². The molecule has 0 aromatic carbocycles. The third kappa shape index (κ3) is 2.38. The van der Waals surface area contributed by atoms with Crippen LogP contribution in [0.2, 0.25) is 0 Å². The van der Waals surface area contributed by atoms with Gasteiger partial charge in [-0.3, -0.25) is 0 Å². The molecule has 0 saturated carbocycles. The highest BCUT2D eigenvalue weighted by molar-refractivity contribution is 5.93. The molecule has 0 bridgehead atoms. The molecular weight excluding hydrogens is 308 g/mol. The molecular formula is C19H24O5. The Morgan fingerprint density at radius 2 is 1.88 bits per heavy atom. The van der Waals surface area contributed by atoms with E-state index in [1.165, 1.54) is 0 Å². The predicted molar refractivity (Wildman–Crippen MR) is 86.8 cm³/mol. The molecule has 0 aromatic heterocycles. The monoisotopic (exact) mass is 332 g/mol. The lowest BCUT2D eigenvalue weighted by molar-refractivity contribution is -0.241. The molecule has 5 heteroatoms. The Labute approximate surface area is 142 Å². The minimum atomic E-state index is -0.822. The number of allylic oxidation sites excluding steroid dienone is 1. The van der Waals surface area contributed by atoms with Crippen molar-refractivity contribution in [2.45, 2.75) is 38.8 Å². The van der Waals surface area contributed by atoms with Crippen LogP contribution in [-0.2, 0) is 19.0 Å². The minimum Gasteiger partial charge on any atom is -0.446 e. The second-order valence-corrected chi connectivity index (χ2v) is 8.10. The Hall–Kier alpha value is -1.43. The topological polar surface area (TPSA) is 65.0 Å². The summed E-state index contributed by atoms with van der Waals surface area (Å²) in [6.07, 6.45) is 8.94. The first kappa shape index (κ1) is 16.1. The summed E-state index contributed by atoms with van der Waals surface area (Å²) in [5.74, 6) is -0.109. The van der Waals surface area contributed by atoms with E-state index in [9.17, 15) is 9.90 Å². The number of esters is 1. The van der Waals surface area contributed by atoms with Crippen molar-refractivity contribution in [1.29, 1.82) is 0 Å². The van der Waals surface area contributed by atoms with Gasteiger partial charge in [-0.1, -0.05) is 32.1 Å². The Morgan fingerprint density at radius 1 is 1.17 bits per heavy atom. The van der Waals surface area contributed by atoms with Crippen molar-refractivity contribution in [3.63, 3.8) is 0 Å². The molecule has 1 fully saturated rings. The first-order valence-electron chi connectivity index (χ1n) is 8.56. The zero-order chi connectivity index (χ0) is 17.1. The molecule has 2 aliphatic heterocycles. The number of aliphatic hydroxyl groups is 1. The van der Waals surface area contributed by atoms with E-state index in [0.29, 0.717) is 18.8 Å². The highest BCUT2D eigenvalue weighted by Crippen LogP contribution is 2.51. The van der Waals surface area contributed by atoms with Gasteiger partial charge in [0.05, 0.1) is 24.9 Å². The number of rotatable bonds is 2. The van der Waals surface area contributed by atoms with Gasteiger partial charge in [-0.2, -0.15) is 0 Å². The van der Waals surface area contributed by atoms with Gasteiger partial charge in [-0.05, 0) is 25.0 Å². The van der Waals surface area contributed by atoms with Crippen molar-refractivity contribution >= 4 is 5.97 Å². The van der Waals surface area contributed by atoms with Crippen molar-refractivity contribution in [2.24, 2.45) is 23.2 Å². The summed E-state index contributed by atoms with van der Waals surface area (Å²) in [6, 6.07) is 0. The van der Waals surface area contributed by atoms with Crippen molar-refractivity contribution in [1.82, 2.24) is 0 Å². The summed E-state index contributed by atoms with van der Waals surface area (Å²) < 4.78 is 17.5. The van der Waals surface area contributed by atoms with Crippen molar-refractivity contribution in [3.05, 3.63) is 36.0 Å². The van der Waals surface area contributed by atoms with Crippen LogP contribution in [0.15, 0.2) is 36.0 Å². The zero-order valence-corrected chi connectivity index (χ0v) is 14.3. The second-order valence-electron chi connectivity index (χ2n) is 8.10. The van der Waals surface area contributed by atoms with Crippen LogP contribution in [0.5, 0.6) is 0 Å². The summed E-state index contributed by atoms with van der Waals surface area (Å²) in [5.41, 5.74) is -0.391. The third-order valence-electron chi connectivity index (χ3n) is 5.43. The molecule has 5 unspecified atom stereocenters. The highest BCUT2D eigenvalue weighted by atomic mass is 16.7. The molecule has 4 rings (SSSR count). The number of carbonyl (C=O) groups is 1. The Balaban J connectivity index is 1.53. The van der Waals surface area contributed by atoms with Crippen LogP contribution < -0.4 is 0 Å². The van der Waals surface area contributed by atoms with E-state index in [4.69, 9.17) is 14.2 Å². The number of aliphatic hydroxyl groups excluding tert-OH is 1. The molecule has 2 heterocycles. The first-order valence-corrected chi connectivity index (χ1v) is 8.56. The van der Waals surface area contributed by atoms with E-state index >= 15 is 0 Å². The lowest BCUT2D eigenvalue weighted by Crippen LogP contribution is -2.43. The van der Waals surface area contributed by atoms with Crippen molar-refractivity contribution < 1.29 is 24.1 Å². The maximum absolute atomic E-state index is 12.1. The van der Waals surface area contributed by atoms with E-state index in [0.717, 1.165) is 0 Å². The van der Waals surface area contributed by atoms with Gasteiger partial charge in [-0.25, -0.2) is 4.79 Å². The summed E-state index contributed by atoms with van der Waals surface area (Å²) in [4.78, 5) is 12.1. The molecule has 24 heavy (non-hydrogen) atoms. The number of hydrogen-bond donors (Lipinski definition) is 1. The Kier molecular flexibility index (Phi) is 3.53. The van der Waals surface area contributed by atoms with Crippen LogP contribution in [0.4, 0.5) is 0 Å². The van der Waals surface area contributed by atoms with Gasteiger partial charge in [-0.15, -0.1) is 0 Å². The Bertz CT molecular complexity index is 634. The van der Waals surface area contributed by atoms with Crippen LogP contribution in [0.3, 0.4) is 0 Å². The maximum atomic E-state index is 12.1. The minimum absolute atomic E-state index is 0.0323. The van der Waals surface area contributed by atoms with Gasteiger partial charge in [0.2, 0.25) is 0 Å². The first-order chi connectivity index (χ1) is 11.3. The maximum Gasteiger partial charge on any atom is 0.337 e. The van der Waals surface area contributed by atoms with Crippen LogP contribution in [0.1, 0.15) is 20.8 Å². The van der Waals surface area contributed by atoms with Gasteiger partial charge in [0.15, 0.2) is 11.9 Å². The number of fused-ring (bicyclic) bond motifs is 2. The Morgan fingerprint density at radius 3 is 2.50 bits per heavy atom. The molecule has 0 radical (unpaired) electrons. The molecule has 0 aromatic rings. The summed E-state index contributed by atoms with van der Waals surface area (Å²) >= 11 is 0. The van der Waals surface area contributed by atoms with Gasteiger partial charge in [0.1, 0.15) is 0 Å². The number of ether oxygens (including phenoxy) is 3. The van der Waals surface area contributed by atoms with Crippen molar-refractivity contribution in [3.8, 4) is 0 Å². The van der Waals surface area contributed by atoms with E-state index in [2.05, 4.69) is 32.1 Å². The lowest BCUT2D eigenvalue weighted by Gasteiger charge is -2.38. The summed E-state index contributed by atoms with van der Waals surface area (Å²) in [6.45, 7) is 7.19. The van der Waals surface area contributed by atoms with Gasteiger partial charge in [0, 0.05) is 17.3 Å². The molecule has 1 spiro atoms. The standard InChI is InChI=1S/C19H24O5/c1-11(20)14-8-19(24-16(14)21)7-6-12-13(4-5-15(12)19)17-22-9-18(2,3)10-23-17/h4-8,11-13,15,17,20H,9-10H2,1-3H3. The SMILES string of the molecule is CC(O)C1=CC2(C=CC3C(C4OCC(C)(C)CO4)C=CC32)OC1=O. The average Bonchev–Trinajstić information content (AvgIpc) is 3.16. The third-order valence-corrected chi connectivity index (χ3v) is 5.43. The van der Waals surface area contributed by atoms with Gasteiger partial charge >= 0.3 is 5.97 Å². The molecule has 130 valence electrons. The molecule has 0 amide bonds. The fourth-order valence-electron chi connectivity index (χ4n) is 4.10. The molecule has 1 N–H and O–H groups in total. The van der Waals surface area contributed by atoms with Crippen LogP contribution in [-0.4, -0.2) is 42.3 Å². The fourth-order valence-corrected chi connectivity index (χ4v) is 4.10. The molecule has 4 aliphatic rings. The van der Waals surface area contributed by atoms with E-state index in [1.807, 2.05) is 6.08 Å². The fraction of sp³-hybridized carbons (Fsp3) is 0.632. The molecule has 5 nitrogen and oxygen atoms in total. The predicted octanol–water partition coefficient (Wildman–Crippen LogP) is 1.98. The quantitative estimate of drug-likeness (QED) is 0.619. The van der Waals surface area contributed by atoms with Gasteiger partial charge in [0.25, 0.3) is 0 Å². The van der Waals surface area contributed by atoms with E-state index < -0.39 is 17.7 Å². The summed E-state index contributed by atoms with van der Waals surface area (Å²) in [7, 11) is 0. The average molecular weight is 332 g/mol. The molecule has 2 aliphatic carbocycles. The molecule has 5 atom stereocenters. The number of carbonyl (C=O) groups excluding carboxylic acids is 1. The number of hydrogen-bond acceptors (Lipinski definition) is 5. The highest BCUT2D eigenvalue weighted by Gasteiger charge is 2.55. The lowest BCUT2D eigenvalue weighted by atomic mass is 9.83. The van der Waals surface area contributed by atoms with Crippen LogP contribution in [0, 0.1) is 23.2 Å². The van der Waals surface area contributed by atoms with E-state index in [1.54, 1.807) is 13.0 Å². The van der Waals surface area contributed by atoms with Crippen LogP contribution >= 0.6 is 0 Å². The normalized spacial score (nSPS) is 41.6. The molecule has 1 saturated heterocycles. The van der Waals surface area contributed by atoms with Crippen molar-refractivity contribution in [2.75, 3.05) is 13.2 Å². The largest absolute Gasteiger partial charge is 0.446 e. The summed E-state index contributed by atoms with van der Waals surface area (Å²) in [5, 5.41) is 9.76. The van der Waals surface area contributed by atoms with Gasteiger partial charge < -0.3 is 19.3 Å². The van der Waals surface area contributed by atoms with E-state index in [-0.39, 0.29) is 29.5 Å². The zero-order valence-electron chi connectivity index (χ0n) is 14.3.